The van der Waals surface area contributed by atoms with Gasteiger partial charge < -0.3 is 9.57 Å². The second-order valence-corrected chi connectivity index (χ2v) is 4.38. The summed E-state index contributed by atoms with van der Waals surface area (Å²) in [5.41, 5.74) is 1.91. The second kappa shape index (κ2) is 5.71. The lowest BCUT2D eigenvalue weighted by atomic mass is 10.0. The number of hydrogen-bond donors (Lipinski definition) is 0. The van der Waals surface area contributed by atoms with Gasteiger partial charge in [-0.15, -0.1) is 0 Å². The molecule has 0 amide bonds. The molecule has 0 spiro atoms. The van der Waals surface area contributed by atoms with E-state index in [0.717, 1.165) is 0 Å². The van der Waals surface area contributed by atoms with Crippen LogP contribution in [0.1, 0.15) is 35.6 Å². The Morgan fingerprint density at radius 1 is 1.33 bits per heavy atom. The molecule has 18 heavy (non-hydrogen) atoms. The maximum Gasteiger partial charge on any atom is 0.311 e. The molecule has 1 rings (SSSR count). The van der Waals surface area contributed by atoms with Crippen molar-refractivity contribution in [3.05, 3.63) is 23.0 Å². The highest BCUT2D eigenvalue weighted by atomic mass is 16.6. The van der Waals surface area contributed by atoms with Gasteiger partial charge in [-0.3, -0.25) is 9.59 Å². The lowest BCUT2D eigenvalue weighted by Gasteiger charge is -2.09. The summed E-state index contributed by atoms with van der Waals surface area (Å²) < 4.78 is 6.11. The number of carbonyl (C=O) groups excluding carboxylic acids is 2. The summed E-state index contributed by atoms with van der Waals surface area (Å²) in [6.45, 7) is 5.47. The zero-order valence-electron chi connectivity index (χ0n) is 11.4. The summed E-state index contributed by atoms with van der Waals surface area (Å²) >= 11 is 0. The van der Waals surface area contributed by atoms with Crippen LogP contribution in [0.4, 0.5) is 0 Å². The van der Waals surface area contributed by atoms with E-state index in [1.165, 1.54) is 19.0 Å². The maximum absolute atomic E-state index is 12.0. The van der Waals surface area contributed by atoms with Crippen molar-refractivity contribution < 1.29 is 19.2 Å². The Kier molecular flexibility index (Phi) is 4.53. The zero-order chi connectivity index (χ0) is 13.9. The molecule has 5 heteroatoms. The van der Waals surface area contributed by atoms with E-state index in [2.05, 4.69) is 4.74 Å². The molecule has 0 N–H and O–H groups in total. The molecule has 0 unspecified atom stereocenters. The number of esters is 1. The van der Waals surface area contributed by atoms with E-state index < -0.39 is 0 Å². The Labute approximate surface area is 107 Å². The van der Waals surface area contributed by atoms with Gasteiger partial charge in [0.2, 0.25) is 0 Å². The molecule has 1 aromatic rings. The highest BCUT2D eigenvalue weighted by Crippen LogP contribution is 2.18. The van der Waals surface area contributed by atoms with Crippen molar-refractivity contribution >= 4 is 11.8 Å². The molecule has 1 aromatic heterocycles. The van der Waals surface area contributed by atoms with Crippen molar-refractivity contribution in [1.82, 2.24) is 4.73 Å². The molecule has 0 saturated carbocycles. The Hall–Kier alpha value is -1.78. The molecule has 0 atom stereocenters. The fraction of sp³-hybridized carbons (Fsp3) is 0.538. The van der Waals surface area contributed by atoms with E-state index in [9.17, 15) is 9.59 Å². The zero-order valence-corrected chi connectivity index (χ0v) is 11.4. The van der Waals surface area contributed by atoms with Crippen LogP contribution in [-0.4, -0.2) is 30.7 Å². The summed E-state index contributed by atoms with van der Waals surface area (Å²) in [5.74, 6) is -0.425. The van der Waals surface area contributed by atoms with Crippen molar-refractivity contribution in [3.8, 4) is 0 Å². The van der Waals surface area contributed by atoms with Crippen molar-refractivity contribution in [1.29, 1.82) is 0 Å². The molecule has 0 fully saturated rings. The van der Waals surface area contributed by atoms with Crippen LogP contribution in [-0.2, 0) is 16.0 Å². The summed E-state index contributed by atoms with van der Waals surface area (Å²) in [4.78, 5) is 28.5. The molecule has 100 valence electrons. The van der Waals surface area contributed by atoms with Gasteiger partial charge in [0, 0.05) is 11.5 Å². The minimum absolute atomic E-state index is 0.0365. The minimum atomic E-state index is -0.366. The average Bonchev–Trinajstić information content (AvgIpc) is 2.64. The van der Waals surface area contributed by atoms with E-state index in [1.807, 2.05) is 13.8 Å². The molecular weight excluding hydrogens is 234 g/mol. The highest BCUT2D eigenvalue weighted by Gasteiger charge is 2.21. The van der Waals surface area contributed by atoms with Gasteiger partial charge in [0.05, 0.1) is 24.9 Å². The van der Waals surface area contributed by atoms with Crippen LogP contribution in [0.25, 0.3) is 0 Å². The first kappa shape index (κ1) is 14.3. The van der Waals surface area contributed by atoms with Crippen molar-refractivity contribution in [2.75, 3.05) is 14.2 Å². The monoisotopic (exact) mass is 253 g/mol. The van der Waals surface area contributed by atoms with Gasteiger partial charge in [-0.05, 0) is 13.0 Å². The number of methoxy groups -OCH3 is 1. The predicted molar refractivity (Wildman–Crippen MR) is 66.6 cm³/mol. The topological polar surface area (TPSA) is 57.5 Å². The number of ether oxygens (including phenoxy) is 1. The first-order chi connectivity index (χ1) is 8.42. The molecule has 0 radical (unpaired) electrons. The number of hydrogen-bond acceptors (Lipinski definition) is 4. The summed E-state index contributed by atoms with van der Waals surface area (Å²) in [6.07, 6.45) is 0.0799. The van der Waals surface area contributed by atoms with Crippen LogP contribution >= 0.6 is 0 Å². The number of nitrogens with zero attached hydrogens (tertiary/aromatic N) is 1. The Bertz CT molecular complexity index is 460. The van der Waals surface area contributed by atoms with Gasteiger partial charge in [0.1, 0.15) is 7.11 Å². The molecular formula is C13H19NO4. The van der Waals surface area contributed by atoms with Gasteiger partial charge >= 0.3 is 5.97 Å². The minimum Gasteiger partial charge on any atom is -0.469 e. The first-order valence-electron chi connectivity index (χ1n) is 5.79. The molecule has 0 saturated heterocycles. The molecule has 1 heterocycles. The number of Topliss-reactive ketones (excluding diaryl/α,β-unsaturated/α-hetero) is 1. The van der Waals surface area contributed by atoms with Crippen LogP contribution in [0.3, 0.4) is 0 Å². The summed E-state index contributed by atoms with van der Waals surface area (Å²) in [7, 11) is 2.83. The predicted octanol–water partition coefficient (Wildman–Crippen LogP) is 1.41. The van der Waals surface area contributed by atoms with E-state index in [4.69, 9.17) is 4.84 Å². The summed E-state index contributed by atoms with van der Waals surface area (Å²) in [6, 6.07) is 1.69. The fourth-order valence-corrected chi connectivity index (χ4v) is 1.81. The standard InChI is InChI=1S/C13H19NO4/c1-8(2)13(16)11-6-10(7-12(15)17-4)14(18-5)9(11)3/h6,8H,7H2,1-5H3. The normalized spacial score (nSPS) is 10.6. The Morgan fingerprint density at radius 3 is 2.39 bits per heavy atom. The van der Waals surface area contributed by atoms with E-state index in [0.29, 0.717) is 17.0 Å². The Morgan fingerprint density at radius 2 is 1.94 bits per heavy atom. The van der Waals surface area contributed by atoms with Gasteiger partial charge in [-0.1, -0.05) is 13.8 Å². The van der Waals surface area contributed by atoms with Crippen LogP contribution in [0, 0.1) is 12.8 Å². The van der Waals surface area contributed by atoms with Crippen LogP contribution in [0.15, 0.2) is 6.07 Å². The first-order valence-corrected chi connectivity index (χ1v) is 5.79. The molecule has 0 aliphatic carbocycles. The quantitative estimate of drug-likeness (QED) is 0.588. The summed E-state index contributed by atoms with van der Waals surface area (Å²) in [5, 5.41) is 0. The van der Waals surface area contributed by atoms with Crippen molar-refractivity contribution in [3.63, 3.8) is 0 Å². The van der Waals surface area contributed by atoms with Crippen molar-refractivity contribution in [2.24, 2.45) is 5.92 Å². The third-order valence-electron chi connectivity index (χ3n) is 2.79. The Balaban J connectivity index is 3.17. The fourth-order valence-electron chi connectivity index (χ4n) is 1.81. The van der Waals surface area contributed by atoms with E-state index in [1.54, 1.807) is 13.0 Å². The van der Waals surface area contributed by atoms with E-state index in [-0.39, 0.29) is 24.1 Å². The van der Waals surface area contributed by atoms with Gasteiger partial charge in [0.15, 0.2) is 5.78 Å². The smallest absolute Gasteiger partial charge is 0.311 e. The van der Waals surface area contributed by atoms with Crippen molar-refractivity contribution in [2.45, 2.75) is 27.2 Å². The average molecular weight is 253 g/mol. The lowest BCUT2D eigenvalue weighted by Crippen LogP contribution is -2.16. The molecule has 0 bridgehead atoms. The maximum atomic E-state index is 12.0. The van der Waals surface area contributed by atoms with Gasteiger partial charge in [0.25, 0.3) is 0 Å². The number of aromatic nitrogens is 1. The van der Waals surface area contributed by atoms with Gasteiger partial charge in [-0.2, -0.15) is 4.73 Å². The van der Waals surface area contributed by atoms with E-state index >= 15 is 0 Å². The molecule has 0 aliphatic rings. The largest absolute Gasteiger partial charge is 0.469 e. The lowest BCUT2D eigenvalue weighted by molar-refractivity contribution is -0.140. The SMILES string of the molecule is COC(=O)Cc1cc(C(=O)C(C)C)c(C)n1OC. The van der Waals surface area contributed by atoms with Crippen LogP contribution < -0.4 is 4.84 Å². The highest BCUT2D eigenvalue weighted by molar-refractivity contribution is 5.98. The molecule has 0 aromatic carbocycles. The second-order valence-electron chi connectivity index (χ2n) is 4.38. The third-order valence-corrected chi connectivity index (χ3v) is 2.79. The van der Waals surface area contributed by atoms with Crippen LogP contribution in [0.2, 0.25) is 0 Å². The van der Waals surface area contributed by atoms with Gasteiger partial charge in [-0.25, -0.2) is 0 Å². The van der Waals surface area contributed by atoms with Crippen LogP contribution in [0.5, 0.6) is 0 Å². The number of ketones is 1. The number of rotatable bonds is 5. The molecule has 5 nitrogen and oxygen atoms in total. The third kappa shape index (κ3) is 2.72. The number of carbonyl (C=O) groups is 2. The molecule has 0 aliphatic heterocycles.